The van der Waals surface area contributed by atoms with Crippen LogP contribution in [0.3, 0.4) is 0 Å². The molecule has 0 bridgehead atoms. The molecule has 9 heteroatoms. The maximum atomic E-state index is 12.9. The van der Waals surface area contributed by atoms with E-state index in [1.165, 1.54) is 16.7 Å². The van der Waals surface area contributed by atoms with Crippen molar-refractivity contribution < 1.29 is 13.2 Å². The zero-order valence-electron chi connectivity index (χ0n) is 14.9. The van der Waals surface area contributed by atoms with Crippen LogP contribution in [0.25, 0.3) is 0 Å². The highest BCUT2D eigenvalue weighted by atomic mass is 32.1. The van der Waals surface area contributed by atoms with Crippen LogP contribution in [0.2, 0.25) is 0 Å². The fourth-order valence-corrected chi connectivity index (χ4v) is 3.47. The van der Waals surface area contributed by atoms with E-state index in [4.69, 9.17) is 0 Å². The monoisotopic (exact) mass is 377 g/mol. The zero-order valence-corrected chi connectivity index (χ0v) is 15.8. The number of nitrogens with one attached hydrogen (secondary N) is 1. The minimum atomic E-state index is -4.18. The van der Waals surface area contributed by atoms with Gasteiger partial charge in [-0.3, -0.25) is 4.90 Å². The quantitative estimate of drug-likeness (QED) is 0.633. The van der Waals surface area contributed by atoms with Gasteiger partial charge in [0.25, 0.3) is 0 Å². The third-order valence-electron chi connectivity index (χ3n) is 4.28. The van der Waals surface area contributed by atoms with Crippen molar-refractivity contribution in [2.24, 2.45) is 4.99 Å². The number of halogens is 3. The molecule has 0 spiro atoms. The van der Waals surface area contributed by atoms with Gasteiger partial charge >= 0.3 is 6.18 Å². The third kappa shape index (κ3) is 5.57. The van der Waals surface area contributed by atoms with Gasteiger partial charge in [-0.05, 0) is 20.3 Å². The summed E-state index contributed by atoms with van der Waals surface area (Å²) in [7, 11) is 0. The Bertz CT molecular complexity index is 564. The lowest BCUT2D eigenvalue weighted by Gasteiger charge is -2.39. The van der Waals surface area contributed by atoms with Crippen molar-refractivity contribution in [3.8, 4) is 0 Å². The number of thiazole rings is 1. The molecule has 1 unspecified atom stereocenters. The van der Waals surface area contributed by atoms with E-state index >= 15 is 0 Å². The van der Waals surface area contributed by atoms with Crippen molar-refractivity contribution in [3.63, 3.8) is 0 Å². The average molecular weight is 377 g/mol. The molecular formula is C16H26F3N5S. The molecule has 0 saturated carbocycles. The molecule has 0 aromatic carbocycles. The van der Waals surface area contributed by atoms with Crippen LogP contribution in [-0.2, 0) is 13.0 Å². The second-order valence-electron chi connectivity index (χ2n) is 5.98. The first-order chi connectivity index (χ1) is 11.8. The number of aliphatic imine (C=N–C) groups is 1. The summed E-state index contributed by atoms with van der Waals surface area (Å²) >= 11 is 1.65. The smallest absolute Gasteiger partial charge is 0.357 e. The molecule has 1 aliphatic heterocycles. The molecule has 1 aromatic rings. The maximum Gasteiger partial charge on any atom is 0.403 e. The first-order valence-electron chi connectivity index (χ1n) is 8.62. The number of guanidine groups is 1. The van der Waals surface area contributed by atoms with E-state index in [1.807, 2.05) is 18.0 Å². The number of nitrogens with zero attached hydrogens (tertiary/aromatic N) is 4. The van der Waals surface area contributed by atoms with E-state index in [9.17, 15) is 13.2 Å². The standard InChI is InChI=1S/C16H26F3N5S/c1-4-13-10-21-14(25-13)11-22-15(20-5-2)24-8-6-23(7-9-24)12(3)16(17,18)19/h10,12H,4-9,11H2,1-3H3,(H,20,22). The fraction of sp³-hybridized carbons (Fsp3) is 0.750. The van der Waals surface area contributed by atoms with Crippen LogP contribution in [0.15, 0.2) is 11.2 Å². The molecule has 142 valence electrons. The molecule has 1 saturated heterocycles. The number of hydrogen-bond acceptors (Lipinski definition) is 4. The average Bonchev–Trinajstić information content (AvgIpc) is 3.05. The van der Waals surface area contributed by atoms with Crippen molar-refractivity contribution in [3.05, 3.63) is 16.1 Å². The highest BCUT2D eigenvalue weighted by molar-refractivity contribution is 7.11. The summed E-state index contributed by atoms with van der Waals surface area (Å²) in [4.78, 5) is 13.7. The molecule has 1 aromatic heterocycles. The number of alkyl halides is 3. The first kappa shape index (κ1) is 20.0. The van der Waals surface area contributed by atoms with E-state index in [0.717, 1.165) is 23.9 Å². The molecule has 2 rings (SSSR count). The number of rotatable bonds is 5. The molecular weight excluding hydrogens is 351 g/mol. The van der Waals surface area contributed by atoms with E-state index in [2.05, 4.69) is 22.2 Å². The van der Waals surface area contributed by atoms with Gasteiger partial charge in [-0.2, -0.15) is 13.2 Å². The lowest BCUT2D eigenvalue weighted by atomic mass is 10.2. The molecule has 2 heterocycles. The lowest BCUT2D eigenvalue weighted by Crippen LogP contribution is -2.56. The Hall–Kier alpha value is -1.35. The molecule has 5 nitrogen and oxygen atoms in total. The Labute approximate surface area is 150 Å². The van der Waals surface area contributed by atoms with Crippen LogP contribution < -0.4 is 5.32 Å². The minimum Gasteiger partial charge on any atom is -0.357 e. The second kappa shape index (κ2) is 8.84. The van der Waals surface area contributed by atoms with Gasteiger partial charge in [0.1, 0.15) is 11.0 Å². The van der Waals surface area contributed by atoms with Crippen LogP contribution in [-0.4, -0.2) is 65.7 Å². The van der Waals surface area contributed by atoms with Crippen LogP contribution in [0.5, 0.6) is 0 Å². The summed E-state index contributed by atoms with van der Waals surface area (Å²) in [5.74, 6) is 0.745. The summed E-state index contributed by atoms with van der Waals surface area (Å²) in [6.45, 7) is 8.33. The van der Waals surface area contributed by atoms with Gasteiger partial charge in [0.05, 0.1) is 6.54 Å². The van der Waals surface area contributed by atoms with Gasteiger partial charge in [-0.1, -0.05) is 6.92 Å². The largest absolute Gasteiger partial charge is 0.403 e. The van der Waals surface area contributed by atoms with Gasteiger partial charge in [0.2, 0.25) is 0 Å². The van der Waals surface area contributed by atoms with E-state index in [0.29, 0.717) is 32.7 Å². The Morgan fingerprint density at radius 1 is 1.32 bits per heavy atom. The van der Waals surface area contributed by atoms with Crippen molar-refractivity contribution in [2.75, 3.05) is 32.7 Å². The Kier molecular flexibility index (Phi) is 7.06. The predicted octanol–water partition coefficient (Wildman–Crippen LogP) is 2.74. The summed E-state index contributed by atoms with van der Waals surface area (Å²) < 4.78 is 38.6. The normalized spacial score (nSPS) is 18.5. The van der Waals surface area contributed by atoms with Gasteiger partial charge in [0, 0.05) is 43.8 Å². The van der Waals surface area contributed by atoms with Crippen molar-refractivity contribution in [1.82, 2.24) is 20.1 Å². The number of hydrogen-bond donors (Lipinski definition) is 1. The fourth-order valence-electron chi connectivity index (χ4n) is 2.68. The number of aromatic nitrogens is 1. The van der Waals surface area contributed by atoms with Gasteiger partial charge in [0.15, 0.2) is 5.96 Å². The molecule has 0 aliphatic carbocycles. The van der Waals surface area contributed by atoms with Crippen molar-refractivity contribution in [1.29, 1.82) is 0 Å². The molecule has 1 N–H and O–H groups in total. The van der Waals surface area contributed by atoms with E-state index in [1.54, 1.807) is 11.3 Å². The van der Waals surface area contributed by atoms with Crippen LogP contribution in [0.1, 0.15) is 30.7 Å². The van der Waals surface area contributed by atoms with Crippen molar-refractivity contribution in [2.45, 2.75) is 46.0 Å². The van der Waals surface area contributed by atoms with Gasteiger partial charge in [-0.15, -0.1) is 11.3 Å². The van der Waals surface area contributed by atoms with E-state index < -0.39 is 12.2 Å². The maximum absolute atomic E-state index is 12.9. The van der Waals surface area contributed by atoms with Crippen LogP contribution >= 0.6 is 11.3 Å². The summed E-state index contributed by atoms with van der Waals surface area (Å²) in [6, 6.07) is -1.41. The highest BCUT2D eigenvalue weighted by Gasteiger charge is 2.41. The van der Waals surface area contributed by atoms with Crippen LogP contribution in [0, 0.1) is 0 Å². The molecule has 0 amide bonds. The van der Waals surface area contributed by atoms with Gasteiger partial charge in [-0.25, -0.2) is 9.98 Å². The zero-order chi connectivity index (χ0) is 18.4. The Balaban J connectivity index is 1.95. The molecule has 1 fully saturated rings. The highest BCUT2D eigenvalue weighted by Crippen LogP contribution is 2.25. The number of piperazine rings is 1. The Morgan fingerprint density at radius 2 is 2.00 bits per heavy atom. The second-order valence-corrected chi connectivity index (χ2v) is 7.18. The summed E-state index contributed by atoms with van der Waals surface area (Å²) in [6.07, 6.45) is -1.34. The van der Waals surface area contributed by atoms with E-state index in [-0.39, 0.29) is 0 Å². The SMILES string of the molecule is CCNC(=NCc1ncc(CC)s1)N1CCN(C(C)C(F)(F)F)CC1. The summed E-state index contributed by atoms with van der Waals surface area (Å²) in [5.41, 5.74) is 0. The molecule has 0 radical (unpaired) electrons. The molecule has 25 heavy (non-hydrogen) atoms. The van der Waals surface area contributed by atoms with Crippen molar-refractivity contribution >= 4 is 17.3 Å². The molecule has 1 aliphatic rings. The van der Waals surface area contributed by atoms with Crippen LogP contribution in [0.4, 0.5) is 13.2 Å². The minimum absolute atomic E-state index is 0.377. The summed E-state index contributed by atoms with van der Waals surface area (Å²) in [5, 5.41) is 4.18. The topological polar surface area (TPSA) is 43.8 Å². The predicted molar refractivity (Wildman–Crippen MR) is 95.0 cm³/mol. The lowest BCUT2D eigenvalue weighted by molar-refractivity contribution is -0.181. The van der Waals surface area contributed by atoms with Gasteiger partial charge < -0.3 is 10.2 Å². The third-order valence-corrected chi connectivity index (χ3v) is 5.41. The Morgan fingerprint density at radius 3 is 2.52 bits per heavy atom. The number of aryl methyl sites for hydroxylation is 1. The molecule has 1 atom stereocenters. The first-order valence-corrected chi connectivity index (χ1v) is 9.44.